The lowest BCUT2D eigenvalue weighted by atomic mass is 9.97. The van der Waals surface area contributed by atoms with Gasteiger partial charge < -0.3 is 77.2 Å². The number of nitrogen functional groups attached to an aromatic ring is 2. The average molecular weight is 2060 g/mol. The molecule has 8 aromatic rings. The minimum atomic E-state index is -2.05. The van der Waals surface area contributed by atoms with Crippen molar-refractivity contribution < 1.29 is 74.9 Å². The number of anilines is 4. The zero-order valence-corrected chi connectivity index (χ0v) is 95.0. The number of hydrogen-bond acceptors (Lipinski definition) is 22. The Bertz CT molecular complexity index is 5580. The molecule has 0 saturated carbocycles. The summed E-state index contributed by atoms with van der Waals surface area (Å²) in [6, 6.07) is 30.1. The summed E-state index contributed by atoms with van der Waals surface area (Å²) < 4.78 is 58.5. The molecule has 4 aromatic heterocycles. The van der Waals surface area contributed by atoms with Gasteiger partial charge in [-0.25, -0.2) is 9.59 Å². The van der Waals surface area contributed by atoms with E-state index in [-0.39, 0.29) is 81.2 Å². The summed E-state index contributed by atoms with van der Waals surface area (Å²) in [5.41, 5.74) is 24.3. The minimum absolute atomic E-state index is 0.0456. The Kier molecular flexibility index (Phi) is 39.7. The molecule has 0 radical (unpaired) electrons. The molecular formula is C108H152N8O16S4Si4. The Morgan fingerprint density at radius 2 is 0.671 bits per heavy atom. The van der Waals surface area contributed by atoms with Gasteiger partial charge >= 0.3 is 12.2 Å². The summed E-state index contributed by atoms with van der Waals surface area (Å²) in [4.78, 5) is 92.7. The summed E-state index contributed by atoms with van der Waals surface area (Å²) in [6.07, 6.45) is 13.3. The predicted molar refractivity (Wildman–Crippen MR) is 590 cm³/mol. The highest BCUT2D eigenvalue weighted by atomic mass is 32.1. The van der Waals surface area contributed by atoms with E-state index in [1.807, 2.05) is 71.6 Å². The van der Waals surface area contributed by atoms with Gasteiger partial charge in [-0.2, -0.15) is 0 Å². The number of rotatable bonds is 30. The molecule has 4 aliphatic rings. The van der Waals surface area contributed by atoms with Gasteiger partial charge in [0.05, 0.1) is 113 Å². The van der Waals surface area contributed by atoms with Crippen molar-refractivity contribution in [2.75, 3.05) is 116 Å². The van der Waals surface area contributed by atoms with Gasteiger partial charge in [0.15, 0.2) is 33.3 Å². The Morgan fingerprint density at radius 3 is 0.957 bits per heavy atom. The Labute approximate surface area is 852 Å². The molecule has 4 aliphatic heterocycles. The number of nitrogens with zero attached hydrogens (tertiary/aromatic N) is 4. The molecule has 6 N–H and O–H groups in total. The number of carbonyl (C=O) groups excluding carboxylic acids is 6. The number of ether oxygens (including phenoxy) is 6. The molecule has 24 nitrogen and oxygen atoms in total. The molecule has 6 amide bonds. The second-order valence-corrected chi connectivity index (χ2v) is 64.9. The highest BCUT2D eigenvalue weighted by Gasteiger charge is 2.45. The Balaban J connectivity index is 0.000000209. The van der Waals surface area contributed by atoms with Crippen LogP contribution in [-0.4, -0.2) is 207 Å². The predicted octanol–water partition coefficient (Wildman–Crippen LogP) is 26.2. The normalized spacial score (nSPS) is 16.6. The van der Waals surface area contributed by atoms with Gasteiger partial charge in [-0.3, -0.25) is 29.8 Å². The van der Waals surface area contributed by atoms with Crippen LogP contribution in [0.5, 0.6) is 23.0 Å². The monoisotopic (exact) mass is 2060 g/mol. The highest BCUT2D eigenvalue weighted by Crippen LogP contribution is 2.45. The lowest BCUT2D eigenvalue weighted by Gasteiger charge is -2.41. The van der Waals surface area contributed by atoms with Crippen molar-refractivity contribution in [3.8, 4) is 23.0 Å². The van der Waals surface area contributed by atoms with Crippen LogP contribution in [0, 0.1) is 27.7 Å². The number of carbonyl (C=O) groups is 6. The van der Waals surface area contributed by atoms with E-state index in [0.717, 1.165) is 41.5 Å². The van der Waals surface area contributed by atoms with Crippen LogP contribution in [0.25, 0.3) is 22.3 Å². The molecule has 0 spiro atoms. The molecule has 140 heavy (non-hydrogen) atoms. The van der Waals surface area contributed by atoms with Gasteiger partial charge in [-0.05, 0) is 265 Å². The lowest BCUT2D eigenvalue weighted by Crippen LogP contribution is -2.49. The standard InChI is InChI=1S/2C29H40N2O5SSi.2C25H36N2O3SSi/c2*1-9-14-35-28(33)30-24-16-20(2)25(34-6)18-23(24)27(32)31-13-12-21(26-11-10-15-37-26)17-22(31)19-36-38(7,8)29(3,4)5;2*1-17-13-21(26)20(15-22(17)29-5)24(28)27-11-10-18(23-9-8-12-31-23)14-19(27)16-30-32(6,7)25(2,3)4/h9-11,15-18,22H,1,12-14,19H2,2-8H3,(H,30,33);9-12,15-16,18,22H,1,13-14,17,19H2,2-8H3,(H,30,33);8-9,12-15,19H,10-11,16,26H2,1-7H3;8-10,12-13,15,19H,11,14,16,26H2,1-7H3/t2*22-;2*19-/m0000/s1. The van der Waals surface area contributed by atoms with Crippen LogP contribution in [0.15, 0.2) is 168 Å². The van der Waals surface area contributed by atoms with Gasteiger partial charge in [0.2, 0.25) is 0 Å². The number of aryl methyl sites for hydroxylation is 4. The summed E-state index contributed by atoms with van der Waals surface area (Å²) in [5, 5.41) is 14.1. The van der Waals surface area contributed by atoms with E-state index in [9.17, 15) is 28.8 Å². The van der Waals surface area contributed by atoms with Gasteiger partial charge in [0.25, 0.3) is 23.6 Å². The number of hydrogen-bond donors (Lipinski definition) is 4. The summed E-state index contributed by atoms with van der Waals surface area (Å²) in [7, 11) is -1.67. The van der Waals surface area contributed by atoms with Gasteiger partial charge in [0.1, 0.15) is 36.2 Å². The number of nitrogens with two attached hydrogens (primary N) is 2. The molecular weight excluding hydrogens is 1910 g/mol. The molecule has 0 unspecified atom stereocenters. The van der Waals surface area contributed by atoms with Crippen LogP contribution >= 0.6 is 45.3 Å². The first-order chi connectivity index (χ1) is 65.6. The second kappa shape index (κ2) is 48.9. The van der Waals surface area contributed by atoms with Crippen LogP contribution < -0.4 is 41.0 Å². The minimum Gasteiger partial charge on any atom is -0.496 e. The third-order valence-corrected chi connectivity index (χ3v) is 49.9. The number of amides is 6. The van der Waals surface area contributed by atoms with E-state index < -0.39 is 45.5 Å². The number of nitrogens with one attached hydrogen (secondary N) is 2. The van der Waals surface area contributed by atoms with Crippen molar-refractivity contribution in [1.82, 2.24) is 19.6 Å². The number of benzene rings is 4. The van der Waals surface area contributed by atoms with Gasteiger partial charge in [-0.1, -0.05) is 157 Å². The van der Waals surface area contributed by atoms with Crippen molar-refractivity contribution in [3.63, 3.8) is 0 Å². The summed E-state index contributed by atoms with van der Waals surface area (Å²) >= 11 is 6.87. The van der Waals surface area contributed by atoms with Crippen molar-refractivity contribution >= 4 is 159 Å². The van der Waals surface area contributed by atoms with E-state index in [4.69, 9.17) is 57.6 Å². The summed E-state index contributed by atoms with van der Waals surface area (Å²) in [6.45, 7) is 63.4. The fourth-order valence-corrected chi connectivity index (χ4v) is 22.6. The molecule has 4 atom stereocenters. The smallest absolute Gasteiger partial charge is 0.411 e. The van der Waals surface area contributed by atoms with E-state index in [0.29, 0.717) is 127 Å². The van der Waals surface area contributed by atoms with Crippen LogP contribution in [0.2, 0.25) is 72.5 Å². The average Bonchev–Trinajstić information content (AvgIpc) is 1.29. The first-order valence-corrected chi connectivity index (χ1v) is 62.9. The van der Waals surface area contributed by atoms with E-state index in [2.05, 4.69) is 241 Å². The maximum absolute atomic E-state index is 14.1. The second-order valence-electron chi connectivity index (χ2n) is 41.9. The first-order valence-electron chi connectivity index (χ1n) is 47.7. The molecule has 0 aliphatic carbocycles. The van der Waals surface area contributed by atoms with Gasteiger partial charge in [-0.15, -0.1) is 45.3 Å². The lowest BCUT2D eigenvalue weighted by molar-refractivity contribution is 0.0622. The SMILES string of the molecule is C=CCOC(=O)Nc1cc(C)c(OC)cc1C(=O)N1CC=C(c2cccs2)C[C@H]1CO[Si](C)(C)C(C)(C)C.C=CCOC(=O)Nc1cc(C)c(OC)cc1C(=O)N1CCC(c2cccs2)=C[C@H]1CO[Si](C)(C)C(C)(C)C.COc1cc(C(=O)N2CC=C(c3cccs3)C[C@H]2CO[Si](C)(C)C(C)(C)C)c(N)cc1C.COc1cc(C(=O)N2CCC(c3cccs3)=C[C@H]2CO[Si](C)(C)C(C)(C)C)c(N)cc1C. The zero-order chi connectivity index (χ0) is 104. The van der Waals surface area contributed by atoms with E-state index >= 15 is 0 Å². The maximum atomic E-state index is 14.1. The molecule has 8 heterocycles. The zero-order valence-electron chi connectivity index (χ0n) is 87.7. The van der Waals surface area contributed by atoms with Crippen LogP contribution in [0.4, 0.5) is 32.3 Å². The topological polar surface area (TPSA) is 284 Å². The van der Waals surface area contributed by atoms with Crippen molar-refractivity contribution in [3.05, 3.63) is 232 Å². The third kappa shape index (κ3) is 29.2. The fourth-order valence-electron chi connectivity index (χ4n) is 15.3. The van der Waals surface area contributed by atoms with E-state index in [1.165, 1.54) is 54.0 Å². The fraction of sp³-hybridized carbons (Fsp3) is 0.463. The number of methoxy groups -OCH3 is 4. The van der Waals surface area contributed by atoms with Crippen LogP contribution in [-0.2, 0) is 27.2 Å². The largest absolute Gasteiger partial charge is 0.496 e. The van der Waals surface area contributed by atoms with E-state index in [1.54, 1.807) is 110 Å². The molecule has 0 bridgehead atoms. The van der Waals surface area contributed by atoms with Crippen molar-refractivity contribution in [2.45, 2.75) is 233 Å². The molecule has 0 saturated heterocycles. The molecule has 4 aromatic carbocycles. The molecule has 32 heteroatoms. The van der Waals surface area contributed by atoms with Crippen molar-refractivity contribution in [2.24, 2.45) is 0 Å². The number of thiophene rings is 4. The van der Waals surface area contributed by atoms with Crippen LogP contribution in [0.1, 0.15) is 192 Å². The first kappa shape index (κ1) is 114. The van der Waals surface area contributed by atoms with Gasteiger partial charge in [0, 0.05) is 57.1 Å². The molecule has 12 rings (SSSR count). The quantitative estimate of drug-likeness (QED) is 0.0185. The third-order valence-electron chi connectivity index (χ3n) is 28.1. The van der Waals surface area contributed by atoms with Crippen LogP contribution in [0.3, 0.4) is 0 Å². The van der Waals surface area contributed by atoms with Crippen molar-refractivity contribution in [1.29, 1.82) is 0 Å². The molecule has 0 fully saturated rings. The Hall–Kier alpha value is -9.95. The Morgan fingerprint density at radius 1 is 0.400 bits per heavy atom. The summed E-state index contributed by atoms with van der Waals surface area (Å²) in [5.74, 6) is 1.92. The maximum Gasteiger partial charge on any atom is 0.411 e. The highest BCUT2D eigenvalue weighted by molar-refractivity contribution is 7.12. The molecule has 760 valence electrons.